The van der Waals surface area contributed by atoms with Gasteiger partial charge >= 0.3 is 0 Å². The predicted molar refractivity (Wildman–Crippen MR) is 54.3 cm³/mol. The van der Waals surface area contributed by atoms with Crippen molar-refractivity contribution in [3.8, 4) is 12.3 Å². The Kier molecular flexibility index (Phi) is 3.82. The topological polar surface area (TPSA) is 79.0 Å². The van der Waals surface area contributed by atoms with Crippen LogP contribution in [0.2, 0.25) is 0 Å². The number of terminal acetylenes is 1. The van der Waals surface area contributed by atoms with Crippen LogP contribution in [0, 0.1) is 12.3 Å². The smallest absolute Gasteiger partial charge is 0.249 e. The van der Waals surface area contributed by atoms with Crippen LogP contribution < -0.4 is 0 Å². The van der Waals surface area contributed by atoms with Crippen molar-refractivity contribution in [2.45, 2.75) is 18.5 Å². The van der Waals surface area contributed by atoms with E-state index in [1.807, 2.05) is 6.92 Å². The summed E-state index contributed by atoms with van der Waals surface area (Å²) in [7, 11) is -3.62. The summed E-state index contributed by atoms with van der Waals surface area (Å²) in [5.74, 6) is 2.31. The molecule has 15 heavy (non-hydrogen) atoms. The van der Waals surface area contributed by atoms with E-state index in [-0.39, 0.29) is 11.7 Å². The van der Waals surface area contributed by atoms with E-state index in [4.69, 9.17) is 6.42 Å². The maximum absolute atomic E-state index is 11.9. The molecule has 0 atom stereocenters. The SMILES string of the molecule is C#CCN(CCC)S(=O)(=O)c1ncn[nH]1. The van der Waals surface area contributed by atoms with E-state index in [2.05, 4.69) is 21.1 Å². The molecule has 7 heteroatoms. The van der Waals surface area contributed by atoms with Gasteiger partial charge in [-0.1, -0.05) is 12.8 Å². The van der Waals surface area contributed by atoms with Gasteiger partial charge < -0.3 is 0 Å². The van der Waals surface area contributed by atoms with Crippen molar-refractivity contribution in [2.24, 2.45) is 0 Å². The second-order valence-corrected chi connectivity index (χ2v) is 4.69. The maximum Gasteiger partial charge on any atom is 0.279 e. The predicted octanol–water partition coefficient (Wildman–Crippen LogP) is -0.161. The highest BCUT2D eigenvalue weighted by atomic mass is 32.2. The van der Waals surface area contributed by atoms with E-state index in [0.29, 0.717) is 13.0 Å². The van der Waals surface area contributed by atoms with Gasteiger partial charge in [0, 0.05) is 6.54 Å². The molecule has 0 aromatic carbocycles. The lowest BCUT2D eigenvalue weighted by molar-refractivity contribution is 0.440. The summed E-state index contributed by atoms with van der Waals surface area (Å²) < 4.78 is 24.9. The molecule has 0 aliphatic heterocycles. The Morgan fingerprint density at radius 1 is 1.67 bits per heavy atom. The molecule has 0 aliphatic rings. The molecule has 6 nitrogen and oxygen atoms in total. The minimum Gasteiger partial charge on any atom is -0.249 e. The molecular weight excluding hydrogens is 216 g/mol. The van der Waals surface area contributed by atoms with Gasteiger partial charge in [0.25, 0.3) is 15.2 Å². The Labute approximate surface area is 88.8 Å². The molecule has 0 saturated heterocycles. The molecule has 0 bridgehead atoms. The first-order valence-electron chi connectivity index (χ1n) is 4.42. The Balaban J connectivity index is 2.97. The second kappa shape index (κ2) is 4.91. The summed E-state index contributed by atoms with van der Waals surface area (Å²) in [5, 5.41) is 5.64. The Bertz CT molecular complexity index is 432. The Morgan fingerprint density at radius 3 is 2.87 bits per heavy atom. The summed E-state index contributed by atoms with van der Waals surface area (Å²) in [4.78, 5) is 3.61. The second-order valence-electron chi connectivity index (χ2n) is 2.83. The van der Waals surface area contributed by atoms with Crippen molar-refractivity contribution in [2.75, 3.05) is 13.1 Å². The highest BCUT2D eigenvalue weighted by Gasteiger charge is 2.25. The van der Waals surface area contributed by atoms with Crippen LogP contribution in [0.4, 0.5) is 0 Å². The van der Waals surface area contributed by atoms with Crippen LogP contribution in [0.15, 0.2) is 11.5 Å². The quantitative estimate of drug-likeness (QED) is 0.710. The molecule has 0 amide bonds. The number of nitrogens with zero attached hydrogens (tertiary/aromatic N) is 3. The van der Waals surface area contributed by atoms with Gasteiger partial charge in [-0.25, -0.2) is 18.5 Å². The van der Waals surface area contributed by atoms with E-state index < -0.39 is 10.0 Å². The summed E-state index contributed by atoms with van der Waals surface area (Å²) in [5.41, 5.74) is 0. The van der Waals surface area contributed by atoms with Crippen LogP contribution in [-0.2, 0) is 10.0 Å². The van der Waals surface area contributed by atoms with Crippen LogP contribution in [0.25, 0.3) is 0 Å². The van der Waals surface area contributed by atoms with Gasteiger partial charge in [0.05, 0.1) is 6.54 Å². The van der Waals surface area contributed by atoms with Crippen molar-refractivity contribution >= 4 is 10.0 Å². The molecule has 82 valence electrons. The van der Waals surface area contributed by atoms with Gasteiger partial charge in [0.2, 0.25) is 0 Å². The van der Waals surface area contributed by atoms with E-state index in [0.717, 1.165) is 6.33 Å². The average Bonchev–Trinajstić information content (AvgIpc) is 2.70. The molecule has 0 fully saturated rings. The number of aromatic amines is 1. The highest BCUT2D eigenvalue weighted by Crippen LogP contribution is 2.09. The third-order valence-electron chi connectivity index (χ3n) is 1.72. The summed E-state index contributed by atoms with van der Waals surface area (Å²) in [6, 6.07) is 0. The zero-order chi connectivity index (χ0) is 11.3. The molecule has 0 saturated carbocycles. The van der Waals surface area contributed by atoms with Crippen LogP contribution in [0.3, 0.4) is 0 Å². The van der Waals surface area contributed by atoms with Gasteiger partial charge in [-0.3, -0.25) is 0 Å². The average molecular weight is 228 g/mol. The molecule has 0 spiro atoms. The van der Waals surface area contributed by atoms with Crippen molar-refractivity contribution in [3.63, 3.8) is 0 Å². The van der Waals surface area contributed by atoms with E-state index in [1.54, 1.807) is 0 Å². The fourth-order valence-corrected chi connectivity index (χ4v) is 2.34. The lowest BCUT2D eigenvalue weighted by atomic mass is 10.5. The molecule has 0 aliphatic carbocycles. The van der Waals surface area contributed by atoms with Crippen molar-refractivity contribution in [1.29, 1.82) is 0 Å². The number of sulfonamides is 1. The largest absolute Gasteiger partial charge is 0.279 e. The number of rotatable bonds is 5. The zero-order valence-corrected chi connectivity index (χ0v) is 9.16. The van der Waals surface area contributed by atoms with Gasteiger partial charge in [0.1, 0.15) is 6.33 Å². The number of H-pyrrole nitrogens is 1. The van der Waals surface area contributed by atoms with Gasteiger partial charge in [0.15, 0.2) is 0 Å². The summed E-state index contributed by atoms with van der Waals surface area (Å²) in [6.07, 6.45) is 6.94. The third-order valence-corrected chi connectivity index (χ3v) is 3.39. The molecule has 0 unspecified atom stereocenters. The maximum atomic E-state index is 11.9. The van der Waals surface area contributed by atoms with Gasteiger partial charge in [-0.2, -0.15) is 9.40 Å². The summed E-state index contributed by atoms with van der Waals surface area (Å²) >= 11 is 0. The Morgan fingerprint density at radius 2 is 2.40 bits per heavy atom. The monoisotopic (exact) mass is 228 g/mol. The molecule has 1 heterocycles. The molecule has 1 rings (SSSR count). The number of aromatic nitrogens is 3. The van der Waals surface area contributed by atoms with Crippen LogP contribution in [0.1, 0.15) is 13.3 Å². The van der Waals surface area contributed by atoms with Gasteiger partial charge in [-0.15, -0.1) is 6.42 Å². The van der Waals surface area contributed by atoms with E-state index in [1.165, 1.54) is 4.31 Å². The Hall–Kier alpha value is -1.39. The van der Waals surface area contributed by atoms with Crippen molar-refractivity contribution in [3.05, 3.63) is 6.33 Å². The fourth-order valence-electron chi connectivity index (χ4n) is 1.08. The standard InChI is InChI=1S/C8H12N4O2S/c1-3-5-12(6-4-2)15(13,14)8-9-7-10-11-8/h1,7H,4-6H2,2H3,(H,9,10,11). The lowest BCUT2D eigenvalue weighted by Crippen LogP contribution is -2.32. The summed E-state index contributed by atoms with van der Waals surface area (Å²) in [6.45, 7) is 2.28. The molecular formula is C8H12N4O2S. The first-order chi connectivity index (χ1) is 7.12. The number of nitrogens with one attached hydrogen (secondary N) is 1. The fraction of sp³-hybridized carbons (Fsp3) is 0.500. The third kappa shape index (κ3) is 2.55. The number of hydrogen-bond acceptors (Lipinski definition) is 4. The van der Waals surface area contributed by atoms with Crippen molar-refractivity contribution < 1.29 is 8.42 Å². The van der Waals surface area contributed by atoms with Crippen LogP contribution >= 0.6 is 0 Å². The van der Waals surface area contributed by atoms with E-state index >= 15 is 0 Å². The highest BCUT2D eigenvalue weighted by molar-refractivity contribution is 7.88. The lowest BCUT2D eigenvalue weighted by Gasteiger charge is -2.16. The van der Waals surface area contributed by atoms with E-state index in [9.17, 15) is 8.42 Å². The van der Waals surface area contributed by atoms with Crippen LogP contribution in [0.5, 0.6) is 0 Å². The van der Waals surface area contributed by atoms with Crippen LogP contribution in [-0.4, -0.2) is 41.0 Å². The molecule has 1 aromatic rings. The first-order valence-corrected chi connectivity index (χ1v) is 5.86. The normalized spacial score (nSPS) is 11.5. The molecule has 0 radical (unpaired) electrons. The molecule has 1 N–H and O–H groups in total. The minimum atomic E-state index is -3.62. The number of hydrogen-bond donors (Lipinski definition) is 1. The van der Waals surface area contributed by atoms with Gasteiger partial charge in [-0.05, 0) is 6.42 Å². The van der Waals surface area contributed by atoms with Crippen molar-refractivity contribution in [1.82, 2.24) is 19.5 Å². The minimum absolute atomic E-state index is 0.0386. The first kappa shape index (κ1) is 11.7. The molecule has 1 aromatic heterocycles. The zero-order valence-electron chi connectivity index (χ0n) is 8.34.